The molecule has 0 aliphatic heterocycles. The number of hydrogen-bond donors (Lipinski definition) is 1. The first kappa shape index (κ1) is 21.6. The zero-order valence-corrected chi connectivity index (χ0v) is 18.1. The quantitative estimate of drug-likeness (QED) is 0.598. The molecule has 7 nitrogen and oxygen atoms in total. The van der Waals surface area contributed by atoms with E-state index in [9.17, 15) is 9.59 Å². The van der Waals surface area contributed by atoms with Crippen molar-refractivity contribution in [3.63, 3.8) is 0 Å². The molecule has 0 aliphatic carbocycles. The van der Waals surface area contributed by atoms with Crippen LogP contribution in [0.2, 0.25) is 0 Å². The molecule has 0 spiro atoms. The molecule has 2 heterocycles. The lowest BCUT2D eigenvalue weighted by Crippen LogP contribution is -2.50. The Bertz CT molecular complexity index is 962. The molecular formula is C22H25N5O2S. The molecule has 156 valence electrons. The fraction of sp³-hybridized carbons (Fsp3) is 0.318. The van der Waals surface area contributed by atoms with Crippen LogP contribution in [0.4, 0.5) is 0 Å². The largest absolute Gasteiger partial charge is 0.349 e. The van der Waals surface area contributed by atoms with Gasteiger partial charge < -0.3 is 10.2 Å². The summed E-state index contributed by atoms with van der Waals surface area (Å²) in [4.78, 5) is 32.5. The number of rotatable bonds is 8. The lowest BCUT2D eigenvalue weighted by molar-refractivity contribution is -0.127. The van der Waals surface area contributed by atoms with E-state index in [1.54, 1.807) is 23.8 Å². The van der Waals surface area contributed by atoms with E-state index in [2.05, 4.69) is 19.9 Å². The third-order valence-corrected chi connectivity index (χ3v) is 5.44. The first-order chi connectivity index (χ1) is 14.4. The van der Waals surface area contributed by atoms with Gasteiger partial charge in [-0.05, 0) is 49.0 Å². The van der Waals surface area contributed by atoms with Crippen molar-refractivity contribution in [1.29, 1.82) is 0 Å². The minimum Gasteiger partial charge on any atom is -0.349 e. The predicted octanol–water partition coefficient (Wildman–Crippen LogP) is 3.62. The molecule has 30 heavy (non-hydrogen) atoms. The van der Waals surface area contributed by atoms with E-state index >= 15 is 0 Å². The summed E-state index contributed by atoms with van der Waals surface area (Å²) in [7, 11) is 0. The number of carbonyl (C=O) groups excluding carboxylic acids is 2. The number of benzene rings is 1. The van der Waals surface area contributed by atoms with Crippen molar-refractivity contribution in [1.82, 2.24) is 24.8 Å². The van der Waals surface area contributed by atoms with Gasteiger partial charge in [0.2, 0.25) is 5.91 Å². The fourth-order valence-corrected chi connectivity index (χ4v) is 3.40. The van der Waals surface area contributed by atoms with E-state index in [1.807, 2.05) is 57.2 Å². The highest BCUT2D eigenvalue weighted by molar-refractivity contribution is 7.03. The van der Waals surface area contributed by atoms with Gasteiger partial charge in [0.05, 0.1) is 0 Å². The molecular weight excluding hydrogens is 398 g/mol. The topological polar surface area (TPSA) is 88.1 Å². The first-order valence-corrected chi connectivity index (χ1v) is 10.6. The Kier molecular flexibility index (Phi) is 6.89. The highest BCUT2D eigenvalue weighted by Gasteiger charge is 2.35. The Balaban J connectivity index is 2.05. The second-order valence-electron chi connectivity index (χ2n) is 7.62. The van der Waals surface area contributed by atoms with Crippen LogP contribution in [0.1, 0.15) is 54.8 Å². The maximum Gasteiger partial charge on any atom is 0.276 e. The molecule has 0 fully saturated rings. The molecule has 1 atom stereocenters. The maximum atomic E-state index is 13.5. The van der Waals surface area contributed by atoms with Gasteiger partial charge >= 0.3 is 0 Å². The van der Waals surface area contributed by atoms with Crippen molar-refractivity contribution < 1.29 is 9.59 Å². The van der Waals surface area contributed by atoms with Gasteiger partial charge in [-0.15, -0.1) is 5.10 Å². The van der Waals surface area contributed by atoms with Crippen molar-refractivity contribution in [3.05, 3.63) is 77.1 Å². The highest BCUT2D eigenvalue weighted by atomic mass is 32.1. The minimum absolute atomic E-state index is 0.212. The molecule has 0 radical (unpaired) electrons. The summed E-state index contributed by atoms with van der Waals surface area (Å²) in [5.41, 5.74) is 1.35. The van der Waals surface area contributed by atoms with Crippen LogP contribution in [0.3, 0.4) is 0 Å². The smallest absolute Gasteiger partial charge is 0.276 e. The lowest BCUT2D eigenvalue weighted by Gasteiger charge is -2.34. The number of amides is 2. The Hall–Kier alpha value is -3.13. The van der Waals surface area contributed by atoms with Gasteiger partial charge in [-0.1, -0.05) is 47.8 Å². The number of aromatic nitrogens is 3. The van der Waals surface area contributed by atoms with E-state index in [0.717, 1.165) is 29.1 Å². The Morgan fingerprint density at radius 2 is 1.93 bits per heavy atom. The monoisotopic (exact) mass is 423 g/mol. The van der Waals surface area contributed by atoms with Crippen LogP contribution in [-0.2, 0) is 11.3 Å². The Morgan fingerprint density at radius 1 is 1.17 bits per heavy atom. The molecule has 0 bridgehead atoms. The summed E-state index contributed by atoms with van der Waals surface area (Å²) in [6.07, 6.45) is 4.12. The molecule has 2 aromatic heterocycles. The Morgan fingerprint density at radius 3 is 2.53 bits per heavy atom. The van der Waals surface area contributed by atoms with Crippen LogP contribution < -0.4 is 5.32 Å². The zero-order chi connectivity index (χ0) is 21.6. The summed E-state index contributed by atoms with van der Waals surface area (Å²) < 4.78 is 3.81. The van der Waals surface area contributed by atoms with Crippen LogP contribution in [-0.4, -0.2) is 36.8 Å². The summed E-state index contributed by atoms with van der Waals surface area (Å²) in [6.45, 7) is 6.15. The minimum atomic E-state index is -0.827. The average molecular weight is 424 g/mol. The SMILES string of the molecule is CCC(C)(C)NC(=O)[C@H](c1ccccc1)N(Cc1cccnc1)C(=O)c1csnn1. The summed E-state index contributed by atoms with van der Waals surface area (Å²) in [5, 5.41) is 8.62. The molecule has 1 aromatic carbocycles. The third-order valence-electron chi connectivity index (χ3n) is 4.94. The fourth-order valence-electron chi connectivity index (χ4n) is 2.97. The first-order valence-electron chi connectivity index (χ1n) is 9.75. The van der Waals surface area contributed by atoms with Gasteiger partial charge in [-0.2, -0.15) is 0 Å². The van der Waals surface area contributed by atoms with Crippen molar-refractivity contribution in [3.8, 4) is 0 Å². The number of nitrogens with one attached hydrogen (secondary N) is 1. The molecule has 3 aromatic rings. The summed E-state index contributed by atoms with van der Waals surface area (Å²) in [6, 6.07) is 12.2. The van der Waals surface area contributed by atoms with Crippen LogP contribution >= 0.6 is 11.5 Å². The number of nitrogens with zero attached hydrogens (tertiary/aromatic N) is 4. The van der Waals surface area contributed by atoms with Gasteiger partial charge in [0.15, 0.2) is 5.69 Å². The van der Waals surface area contributed by atoms with Crippen LogP contribution in [0, 0.1) is 0 Å². The normalized spacial score (nSPS) is 12.2. The molecule has 3 rings (SSSR count). The van der Waals surface area contributed by atoms with E-state index in [4.69, 9.17) is 0 Å². The summed E-state index contributed by atoms with van der Waals surface area (Å²) >= 11 is 1.10. The second-order valence-corrected chi connectivity index (χ2v) is 8.23. The molecule has 8 heteroatoms. The zero-order valence-electron chi connectivity index (χ0n) is 17.3. The Labute approximate surface area is 180 Å². The summed E-state index contributed by atoms with van der Waals surface area (Å²) in [5.74, 6) is -0.598. The number of pyridine rings is 1. The van der Waals surface area contributed by atoms with Gasteiger partial charge in [0, 0.05) is 29.9 Å². The van der Waals surface area contributed by atoms with Crippen molar-refractivity contribution >= 4 is 23.3 Å². The van der Waals surface area contributed by atoms with Gasteiger partial charge in [-0.3, -0.25) is 14.6 Å². The van der Waals surface area contributed by atoms with E-state index in [1.165, 1.54) is 4.90 Å². The molecule has 2 amide bonds. The lowest BCUT2D eigenvalue weighted by atomic mass is 9.98. The molecule has 0 unspecified atom stereocenters. The van der Waals surface area contributed by atoms with Gasteiger partial charge in [-0.25, -0.2) is 0 Å². The van der Waals surface area contributed by atoms with E-state index < -0.39 is 11.6 Å². The van der Waals surface area contributed by atoms with Crippen molar-refractivity contribution in [2.24, 2.45) is 0 Å². The molecule has 0 saturated heterocycles. The second kappa shape index (κ2) is 9.58. The van der Waals surface area contributed by atoms with Gasteiger partial charge in [0.25, 0.3) is 5.91 Å². The number of carbonyl (C=O) groups is 2. The van der Waals surface area contributed by atoms with E-state index in [0.29, 0.717) is 0 Å². The predicted molar refractivity (Wildman–Crippen MR) is 116 cm³/mol. The maximum absolute atomic E-state index is 13.5. The van der Waals surface area contributed by atoms with Crippen LogP contribution in [0.25, 0.3) is 0 Å². The van der Waals surface area contributed by atoms with E-state index in [-0.39, 0.29) is 24.1 Å². The number of hydrogen-bond acceptors (Lipinski definition) is 6. The van der Waals surface area contributed by atoms with Gasteiger partial charge in [0.1, 0.15) is 6.04 Å². The van der Waals surface area contributed by atoms with Crippen molar-refractivity contribution in [2.45, 2.75) is 45.3 Å². The third kappa shape index (κ3) is 5.27. The average Bonchev–Trinajstić information content (AvgIpc) is 3.29. The standard InChI is InChI=1S/C22H25N5O2S/c1-4-22(2,3)24-20(28)19(17-10-6-5-7-11-17)27(14-16-9-8-12-23-13-16)21(29)18-15-30-26-25-18/h5-13,15,19H,4,14H2,1-3H3,(H,24,28)/t19-/m0/s1. The van der Waals surface area contributed by atoms with Crippen LogP contribution in [0.5, 0.6) is 0 Å². The van der Waals surface area contributed by atoms with Crippen molar-refractivity contribution in [2.75, 3.05) is 0 Å². The van der Waals surface area contributed by atoms with Crippen LogP contribution in [0.15, 0.2) is 60.2 Å². The highest BCUT2D eigenvalue weighted by Crippen LogP contribution is 2.26. The molecule has 0 aliphatic rings. The molecule has 1 N–H and O–H groups in total. The molecule has 0 saturated carbocycles.